The summed E-state index contributed by atoms with van der Waals surface area (Å²) in [6.07, 6.45) is 3.13. The van der Waals surface area contributed by atoms with Gasteiger partial charge in [-0.3, -0.25) is 28.9 Å². The fourth-order valence-electron chi connectivity index (χ4n) is 5.95. The Kier molecular flexibility index (Phi) is 6.27. The Morgan fingerprint density at radius 1 is 0.609 bits per heavy atom. The molecule has 0 fully saturated rings. The van der Waals surface area contributed by atoms with Crippen molar-refractivity contribution in [2.24, 2.45) is 0 Å². The minimum absolute atomic E-state index is 0.0127. The zero-order valence-corrected chi connectivity index (χ0v) is 25.5. The summed E-state index contributed by atoms with van der Waals surface area (Å²) in [5, 5.41) is 20.6. The molecule has 0 N–H and O–H groups in total. The molecule has 0 amide bonds. The molecule has 2 aromatic heterocycles. The summed E-state index contributed by atoms with van der Waals surface area (Å²) in [6, 6.07) is 12.9. The second-order valence-corrected chi connectivity index (χ2v) is 12.9. The second kappa shape index (κ2) is 10.1. The van der Waals surface area contributed by atoms with Gasteiger partial charge in [-0.05, 0) is 72.2 Å². The topological polar surface area (TPSA) is 125 Å². The SMILES string of the molecule is [C-]#[N+]c1cc2c(cc1[N+]#[C-])C(=O)C(=Cc1cc3c(C)c4sc(C=C5C(=O)c6cc(C#N)c(C#N)cc6C5=O)cc4c(C)c3s1)C2=O. The van der Waals surface area contributed by atoms with Crippen LogP contribution in [0.1, 0.15) is 73.4 Å². The number of hydrogen-bond acceptors (Lipinski definition) is 8. The molecule has 0 unspecified atom stereocenters. The standard InChI is InChI=1S/C36H14N4O4S2/c1-15-21-7-19(9-27-31(41)23-5-17(13-37)18(14-38)6-24(23)32(27)42)45-35(21)16(2)22-8-20(46-36(15)22)10-28-33(43)25-11-29(39-3)30(40-4)12-26(25)34(28)44/h5-12H,1-2H3. The Hall–Kier alpha value is -6.30. The molecule has 2 aliphatic rings. The highest BCUT2D eigenvalue weighted by Crippen LogP contribution is 2.43. The van der Waals surface area contributed by atoms with Crippen molar-refractivity contribution in [1.82, 2.24) is 0 Å². The summed E-state index contributed by atoms with van der Waals surface area (Å²) in [5.74, 6) is -1.92. The molecule has 5 aromatic rings. The summed E-state index contributed by atoms with van der Waals surface area (Å²) >= 11 is 2.86. The van der Waals surface area contributed by atoms with Crippen LogP contribution in [-0.4, -0.2) is 23.1 Å². The van der Waals surface area contributed by atoms with Crippen LogP contribution in [-0.2, 0) is 0 Å². The van der Waals surface area contributed by atoms with Crippen LogP contribution in [0.15, 0.2) is 47.5 Å². The normalized spacial score (nSPS) is 13.4. The first-order valence-corrected chi connectivity index (χ1v) is 15.2. The van der Waals surface area contributed by atoms with E-state index in [-0.39, 0.29) is 55.9 Å². The maximum absolute atomic E-state index is 13.2. The molecule has 2 aliphatic carbocycles. The van der Waals surface area contributed by atoms with E-state index in [1.54, 1.807) is 12.2 Å². The van der Waals surface area contributed by atoms with Gasteiger partial charge in [0.25, 0.3) is 0 Å². The van der Waals surface area contributed by atoms with Gasteiger partial charge in [0.2, 0.25) is 0 Å². The number of nitrogens with zero attached hydrogens (tertiary/aromatic N) is 4. The quantitative estimate of drug-likeness (QED) is 0.109. The van der Waals surface area contributed by atoms with Gasteiger partial charge in [-0.15, -0.1) is 22.7 Å². The molecule has 0 bridgehead atoms. The van der Waals surface area contributed by atoms with Crippen molar-refractivity contribution < 1.29 is 19.2 Å². The molecule has 0 radical (unpaired) electrons. The van der Waals surface area contributed by atoms with Gasteiger partial charge < -0.3 is 0 Å². The molecule has 3 aromatic carbocycles. The summed E-state index contributed by atoms with van der Waals surface area (Å²) in [6.45, 7) is 18.6. The average molecular weight is 631 g/mol. The minimum Gasteiger partial charge on any atom is -0.288 e. The highest BCUT2D eigenvalue weighted by molar-refractivity contribution is 7.22. The number of hydrogen-bond donors (Lipinski definition) is 0. The Morgan fingerprint density at radius 2 is 0.957 bits per heavy atom. The van der Waals surface area contributed by atoms with Gasteiger partial charge in [0, 0.05) is 41.4 Å². The van der Waals surface area contributed by atoms with E-state index in [1.807, 2.05) is 38.1 Å². The number of benzene rings is 3. The van der Waals surface area contributed by atoms with Crippen molar-refractivity contribution in [3.05, 3.63) is 125 Å². The maximum Gasteiger partial charge on any atom is 0.197 e. The molecule has 8 nitrogen and oxygen atoms in total. The highest BCUT2D eigenvalue weighted by Gasteiger charge is 2.36. The number of rotatable bonds is 2. The lowest BCUT2D eigenvalue weighted by molar-refractivity contribution is 0.0975. The number of fused-ring (bicyclic) bond motifs is 4. The molecule has 214 valence electrons. The van der Waals surface area contributed by atoms with E-state index >= 15 is 0 Å². The van der Waals surface area contributed by atoms with Gasteiger partial charge in [0.15, 0.2) is 34.5 Å². The third kappa shape index (κ3) is 3.93. The van der Waals surface area contributed by atoms with Gasteiger partial charge >= 0.3 is 0 Å². The van der Waals surface area contributed by atoms with E-state index in [1.165, 1.54) is 46.9 Å². The molecular weight excluding hydrogens is 617 g/mol. The van der Waals surface area contributed by atoms with Gasteiger partial charge in [-0.1, -0.05) is 12.1 Å². The molecule has 0 atom stereocenters. The van der Waals surface area contributed by atoms with Crippen molar-refractivity contribution in [3.63, 3.8) is 0 Å². The van der Waals surface area contributed by atoms with Crippen LogP contribution in [0.2, 0.25) is 0 Å². The first-order valence-electron chi connectivity index (χ1n) is 13.6. The number of Topliss-reactive ketones (excluding diaryl/α,β-unsaturated/α-hetero) is 4. The van der Waals surface area contributed by atoms with Crippen molar-refractivity contribution >= 4 is 89.5 Å². The minimum atomic E-state index is -0.487. The second-order valence-electron chi connectivity index (χ2n) is 10.7. The molecule has 7 rings (SSSR count). The fourth-order valence-corrected chi connectivity index (χ4v) is 8.30. The van der Waals surface area contributed by atoms with E-state index in [2.05, 4.69) is 9.69 Å². The van der Waals surface area contributed by atoms with E-state index < -0.39 is 23.1 Å². The molecule has 0 aliphatic heterocycles. The Bertz CT molecular complexity index is 2280. The monoisotopic (exact) mass is 630 g/mol. The highest BCUT2D eigenvalue weighted by atomic mass is 32.1. The van der Waals surface area contributed by atoms with Crippen LogP contribution in [0.25, 0.3) is 42.0 Å². The van der Waals surface area contributed by atoms with Crippen LogP contribution in [0.5, 0.6) is 0 Å². The zero-order chi connectivity index (χ0) is 32.6. The van der Waals surface area contributed by atoms with Crippen LogP contribution in [0.3, 0.4) is 0 Å². The lowest BCUT2D eigenvalue weighted by Gasteiger charge is -2.03. The lowest BCUT2D eigenvalue weighted by Crippen LogP contribution is -1.99. The van der Waals surface area contributed by atoms with Gasteiger partial charge in [0.1, 0.15) is 12.1 Å². The number of carbonyl (C=O) groups excluding carboxylic acids is 4. The first-order chi connectivity index (χ1) is 22.1. The van der Waals surface area contributed by atoms with E-state index in [0.29, 0.717) is 9.75 Å². The van der Waals surface area contributed by atoms with Gasteiger partial charge in [0.05, 0.1) is 35.4 Å². The lowest BCUT2D eigenvalue weighted by atomic mass is 10.0. The van der Waals surface area contributed by atoms with E-state index in [9.17, 15) is 29.7 Å². The van der Waals surface area contributed by atoms with Crippen molar-refractivity contribution in [3.8, 4) is 12.1 Å². The predicted molar refractivity (Wildman–Crippen MR) is 175 cm³/mol. The van der Waals surface area contributed by atoms with Crippen LogP contribution in [0.4, 0.5) is 11.4 Å². The number of ketones is 4. The molecule has 0 saturated heterocycles. The summed E-state index contributed by atoms with van der Waals surface area (Å²) in [4.78, 5) is 60.8. The third-order valence-electron chi connectivity index (χ3n) is 8.28. The number of carbonyl (C=O) groups is 4. The zero-order valence-electron chi connectivity index (χ0n) is 23.9. The van der Waals surface area contributed by atoms with Crippen molar-refractivity contribution in [1.29, 1.82) is 10.5 Å². The van der Waals surface area contributed by atoms with E-state index in [0.717, 1.165) is 31.3 Å². The number of thiophene rings is 2. The molecule has 0 saturated carbocycles. The molecule has 10 heteroatoms. The predicted octanol–water partition coefficient (Wildman–Crippen LogP) is 8.50. The Labute approximate surface area is 269 Å². The smallest absolute Gasteiger partial charge is 0.197 e. The van der Waals surface area contributed by atoms with Crippen LogP contribution in [0, 0.1) is 49.7 Å². The molecule has 0 spiro atoms. The third-order valence-corrected chi connectivity index (χ3v) is 10.7. The van der Waals surface area contributed by atoms with Gasteiger partial charge in [-0.25, -0.2) is 0 Å². The molecule has 46 heavy (non-hydrogen) atoms. The number of nitriles is 2. The number of aryl methyl sites for hydroxylation is 2. The first kappa shape index (κ1) is 28.5. The summed E-state index contributed by atoms with van der Waals surface area (Å²) < 4.78 is 1.92. The van der Waals surface area contributed by atoms with E-state index in [4.69, 9.17) is 13.1 Å². The van der Waals surface area contributed by atoms with Crippen molar-refractivity contribution in [2.45, 2.75) is 13.8 Å². The molecular formula is C36H14N4O4S2. The summed E-state index contributed by atoms with van der Waals surface area (Å²) in [5.41, 5.74) is 2.53. The summed E-state index contributed by atoms with van der Waals surface area (Å²) in [7, 11) is 0. The van der Waals surface area contributed by atoms with Gasteiger partial charge in [-0.2, -0.15) is 10.5 Å². The Balaban J connectivity index is 1.28. The largest absolute Gasteiger partial charge is 0.288 e. The fraction of sp³-hybridized carbons (Fsp3) is 0.0556. The van der Waals surface area contributed by atoms with Crippen LogP contribution >= 0.6 is 22.7 Å². The Morgan fingerprint density at radius 3 is 1.28 bits per heavy atom. The maximum atomic E-state index is 13.2. The number of allylic oxidation sites excluding steroid dienone is 2. The van der Waals surface area contributed by atoms with Crippen LogP contribution < -0.4 is 0 Å². The molecule has 2 heterocycles. The average Bonchev–Trinajstić information content (AvgIpc) is 3.80. The van der Waals surface area contributed by atoms with Crippen molar-refractivity contribution in [2.75, 3.05) is 0 Å².